The summed E-state index contributed by atoms with van der Waals surface area (Å²) in [5, 5.41) is 0. The smallest absolute Gasteiger partial charge is 0.222 e. The van der Waals surface area contributed by atoms with Gasteiger partial charge in [0.2, 0.25) is 5.91 Å². The molecule has 0 saturated carbocycles. The van der Waals surface area contributed by atoms with Crippen LogP contribution in [0.3, 0.4) is 0 Å². The first-order valence-corrected chi connectivity index (χ1v) is 9.61. The van der Waals surface area contributed by atoms with Crippen molar-refractivity contribution < 1.29 is 4.79 Å². The Balaban J connectivity index is 1.61. The SMILES string of the molecule is CN(C)CCCC(=O)N1CCC[C@@H](c2nccn2Cc2ccccc2)C1. The zero-order valence-electron chi connectivity index (χ0n) is 16.0. The summed E-state index contributed by atoms with van der Waals surface area (Å²) < 4.78 is 2.24. The van der Waals surface area contributed by atoms with Crippen molar-refractivity contribution in [2.45, 2.75) is 38.1 Å². The minimum absolute atomic E-state index is 0.290. The molecule has 1 fully saturated rings. The zero-order valence-corrected chi connectivity index (χ0v) is 16.0. The van der Waals surface area contributed by atoms with Gasteiger partial charge in [-0.25, -0.2) is 4.98 Å². The standard InChI is InChI=1S/C21H30N4O/c1-23(2)13-7-11-20(26)24-14-6-10-19(17-24)21-22-12-15-25(21)16-18-8-4-3-5-9-18/h3-5,8-9,12,15,19H,6-7,10-11,13-14,16-17H2,1-2H3/t19-/m1/s1. The third kappa shape index (κ3) is 4.94. The molecule has 0 radical (unpaired) electrons. The number of amides is 1. The lowest BCUT2D eigenvalue weighted by molar-refractivity contribution is -0.132. The van der Waals surface area contributed by atoms with Crippen molar-refractivity contribution in [1.82, 2.24) is 19.4 Å². The maximum absolute atomic E-state index is 12.6. The molecule has 1 saturated heterocycles. The molecule has 2 aromatic rings. The Morgan fingerprint density at radius 1 is 1.27 bits per heavy atom. The number of nitrogens with zero attached hydrogens (tertiary/aromatic N) is 4. The summed E-state index contributed by atoms with van der Waals surface area (Å²) in [6.45, 7) is 3.48. The summed E-state index contributed by atoms with van der Waals surface area (Å²) in [7, 11) is 4.10. The normalized spacial score (nSPS) is 17.7. The molecule has 0 bridgehead atoms. The molecule has 0 unspecified atom stereocenters. The fourth-order valence-corrected chi connectivity index (χ4v) is 3.71. The first-order chi connectivity index (χ1) is 12.6. The first kappa shape index (κ1) is 18.6. The van der Waals surface area contributed by atoms with E-state index < -0.39 is 0 Å². The van der Waals surface area contributed by atoms with E-state index >= 15 is 0 Å². The van der Waals surface area contributed by atoms with Gasteiger partial charge in [0.15, 0.2) is 0 Å². The highest BCUT2D eigenvalue weighted by Gasteiger charge is 2.27. The molecule has 1 aliphatic heterocycles. The van der Waals surface area contributed by atoms with Gasteiger partial charge < -0.3 is 14.4 Å². The van der Waals surface area contributed by atoms with Crippen molar-refractivity contribution in [3.8, 4) is 0 Å². The van der Waals surface area contributed by atoms with Crippen LogP contribution in [0.25, 0.3) is 0 Å². The Morgan fingerprint density at radius 3 is 2.85 bits per heavy atom. The minimum Gasteiger partial charge on any atom is -0.342 e. The zero-order chi connectivity index (χ0) is 18.4. The second-order valence-electron chi connectivity index (χ2n) is 7.48. The van der Waals surface area contributed by atoms with Crippen LogP contribution < -0.4 is 0 Å². The molecular formula is C21H30N4O. The highest BCUT2D eigenvalue weighted by Crippen LogP contribution is 2.26. The number of benzene rings is 1. The van der Waals surface area contributed by atoms with Gasteiger partial charge in [-0.1, -0.05) is 30.3 Å². The second kappa shape index (κ2) is 8.99. The Kier molecular flexibility index (Phi) is 6.45. The van der Waals surface area contributed by atoms with Crippen molar-refractivity contribution in [1.29, 1.82) is 0 Å². The molecule has 0 N–H and O–H groups in total. The van der Waals surface area contributed by atoms with Crippen molar-refractivity contribution in [2.75, 3.05) is 33.7 Å². The van der Waals surface area contributed by atoms with E-state index in [0.717, 1.165) is 51.3 Å². The largest absolute Gasteiger partial charge is 0.342 e. The van der Waals surface area contributed by atoms with Gasteiger partial charge in [0.25, 0.3) is 0 Å². The molecule has 0 spiro atoms. The maximum Gasteiger partial charge on any atom is 0.222 e. The summed E-state index contributed by atoms with van der Waals surface area (Å²) in [5.74, 6) is 1.73. The van der Waals surface area contributed by atoms with Gasteiger partial charge in [-0.15, -0.1) is 0 Å². The minimum atomic E-state index is 0.290. The van der Waals surface area contributed by atoms with E-state index in [1.807, 2.05) is 31.3 Å². The summed E-state index contributed by atoms with van der Waals surface area (Å²) in [4.78, 5) is 21.4. The van der Waals surface area contributed by atoms with E-state index in [-0.39, 0.29) is 5.91 Å². The lowest BCUT2D eigenvalue weighted by Crippen LogP contribution is -2.40. The number of hydrogen-bond acceptors (Lipinski definition) is 3. The second-order valence-corrected chi connectivity index (χ2v) is 7.48. The van der Waals surface area contributed by atoms with Crippen LogP contribution in [-0.4, -0.2) is 59.0 Å². The van der Waals surface area contributed by atoms with E-state index in [1.54, 1.807) is 0 Å². The summed E-state index contributed by atoms with van der Waals surface area (Å²) in [6, 6.07) is 10.5. The van der Waals surface area contributed by atoms with Crippen molar-refractivity contribution in [2.24, 2.45) is 0 Å². The number of likely N-dealkylation sites (tertiary alicyclic amines) is 1. The summed E-state index contributed by atoms with van der Waals surface area (Å²) in [6.07, 6.45) is 7.67. The van der Waals surface area contributed by atoms with E-state index in [0.29, 0.717) is 12.3 Å². The van der Waals surface area contributed by atoms with Crippen LogP contribution in [0, 0.1) is 0 Å². The van der Waals surface area contributed by atoms with Crippen molar-refractivity contribution in [3.05, 3.63) is 54.1 Å². The van der Waals surface area contributed by atoms with Crippen LogP contribution in [0.4, 0.5) is 0 Å². The quantitative estimate of drug-likeness (QED) is 0.768. The van der Waals surface area contributed by atoms with Crippen molar-refractivity contribution >= 4 is 5.91 Å². The number of carbonyl (C=O) groups excluding carboxylic acids is 1. The molecule has 1 amide bonds. The van der Waals surface area contributed by atoms with E-state index in [1.165, 1.54) is 5.56 Å². The first-order valence-electron chi connectivity index (χ1n) is 9.61. The Hall–Kier alpha value is -2.14. The van der Waals surface area contributed by atoms with Crippen LogP contribution in [0.5, 0.6) is 0 Å². The third-order valence-electron chi connectivity index (χ3n) is 5.08. The predicted molar refractivity (Wildman–Crippen MR) is 104 cm³/mol. The molecule has 5 heteroatoms. The molecule has 1 aliphatic rings. The molecule has 1 aromatic carbocycles. The lowest BCUT2D eigenvalue weighted by atomic mass is 9.96. The van der Waals surface area contributed by atoms with E-state index in [2.05, 4.69) is 44.9 Å². The van der Waals surface area contributed by atoms with Gasteiger partial charge in [0.1, 0.15) is 5.82 Å². The molecule has 5 nitrogen and oxygen atoms in total. The van der Waals surface area contributed by atoms with Crippen LogP contribution in [0.1, 0.15) is 43.0 Å². The van der Waals surface area contributed by atoms with Gasteiger partial charge in [-0.05, 0) is 45.5 Å². The van der Waals surface area contributed by atoms with E-state index in [4.69, 9.17) is 0 Å². The van der Waals surface area contributed by atoms with Gasteiger partial charge in [0.05, 0.1) is 0 Å². The van der Waals surface area contributed by atoms with Gasteiger partial charge >= 0.3 is 0 Å². The molecule has 140 valence electrons. The number of hydrogen-bond donors (Lipinski definition) is 0. The third-order valence-corrected chi connectivity index (χ3v) is 5.08. The summed E-state index contributed by atoms with van der Waals surface area (Å²) in [5.41, 5.74) is 1.28. The number of piperidine rings is 1. The fraction of sp³-hybridized carbons (Fsp3) is 0.524. The number of rotatable bonds is 7. The topological polar surface area (TPSA) is 41.4 Å². The molecule has 1 atom stereocenters. The van der Waals surface area contributed by atoms with Crippen LogP contribution in [-0.2, 0) is 11.3 Å². The van der Waals surface area contributed by atoms with Crippen molar-refractivity contribution in [3.63, 3.8) is 0 Å². The highest BCUT2D eigenvalue weighted by atomic mass is 16.2. The molecular weight excluding hydrogens is 324 g/mol. The molecule has 2 heterocycles. The van der Waals surface area contributed by atoms with Gasteiger partial charge in [-0.2, -0.15) is 0 Å². The number of aromatic nitrogens is 2. The average Bonchev–Trinajstić information content (AvgIpc) is 3.10. The molecule has 26 heavy (non-hydrogen) atoms. The number of carbonyl (C=O) groups is 1. The molecule has 1 aromatic heterocycles. The fourth-order valence-electron chi connectivity index (χ4n) is 3.71. The Bertz CT molecular complexity index is 695. The molecule has 0 aliphatic carbocycles. The maximum atomic E-state index is 12.6. The monoisotopic (exact) mass is 354 g/mol. The lowest BCUT2D eigenvalue weighted by Gasteiger charge is -2.33. The van der Waals surface area contributed by atoms with Gasteiger partial charge in [-0.3, -0.25) is 4.79 Å². The van der Waals surface area contributed by atoms with Gasteiger partial charge in [0, 0.05) is 44.4 Å². The predicted octanol–water partition coefficient (Wildman–Crippen LogP) is 2.98. The number of imidazole rings is 1. The Labute approximate surface area is 156 Å². The van der Waals surface area contributed by atoms with E-state index in [9.17, 15) is 4.79 Å². The highest BCUT2D eigenvalue weighted by molar-refractivity contribution is 5.76. The molecule has 3 rings (SSSR count). The van der Waals surface area contributed by atoms with Crippen LogP contribution in [0.2, 0.25) is 0 Å². The van der Waals surface area contributed by atoms with Crippen LogP contribution >= 0.6 is 0 Å². The van der Waals surface area contributed by atoms with Crippen LogP contribution in [0.15, 0.2) is 42.7 Å². The summed E-state index contributed by atoms with van der Waals surface area (Å²) >= 11 is 0. The average molecular weight is 354 g/mol. The Morgan fingerprint density at radius 2 is 2.08 bits per heavy atom.